The average molecular weight is 189 g/mol. The van der Waals surface area contributed by atoms with E-state index in [0.29, 0.717) is 19.1 Å². The van der Waals surface area contributed by atoms with Crippen molar-refractivity contribution in [3.05, 3.63) is 0 Å². The molecule has 2 N–H and O–H groups in total. The lowest BCUT2D eigenvalue weighted by Crippen LogP contribution is -2.32. The zero-order valence-corrected chi connectivity index (χ0v) is 9.25. The SMILES string of the molecule is CC(C)COCCOC(C)[C@@H](C)N. The fourth-order valence-electron chi connectivity index (χ4n) is 0.764. The van der Waals surface area contributed by atoms with E-state index in [1.165, 1.54) is 0 Å². The van der Waals surface area contributed by atoms with Crippen LogP contribution in [-0.4, -0.2) is 32.0 Å². The van der Waals surface area contributed by atoms with Crippen molar-refractivity contribution in [3.63, 3.8) is 0 Å². The third kappa shape index (κ3) is 8.22. The van der Waals surface area contributed by atoms with Gasteiger partial charge in [0.1, 0.15) is 0 Å². The van der Waals surface area contributed by atoms with Gasteiger partial charge in [-0.05, 0) is 19.8 Å². The molecule has 3 nitrogen and oxygen atoms in total. The van der Waals surface area contributed by atoms with Gasteiger partial charge in [0.2, 0.25) is 0 Å². The summed E-state index contributed by atoms with van der Waals surface area (Å²) < 4.78 is 10.8. The molecule has 0 aromatic rings. The highest BCUT2D eigenvalue weighted by Crippen LogP contribution is 1.96. The Hall–Kier alpha value is -0.120. The minimum atomic E-state index is 0.0881. The third-order valence-electron chi connectivity index (χ3n) is 1.80. The molecule has 1 unspecified atom stereocenters. The first kappa shape index (κ1) is 12.9. The van der Waals surface area contributed by atoms with E-state index >= 15 is 0 Å². The van der Waals surface area contributed by atoms with Gasteiger partial charge in [0, 0.05) is 12.6 Å². The molecule has 13 heavy (non-hydrogen) atoms. The van der Waals surface area contributed by atoms with Gasteiger partial charge in [-0.3, -0.25) is 0 Å². The Morgan fingerprint density at radius 1 is 1.08 bits per heavy atom. The van der Waals surface area contributed by atoms with Gasteiger partial charge in [0.05, 0.1) is 19.3 Å². The number of rotatable bonds is 7. The lowest BCUT2D eigenvalue weighted by atomic mass is 10.2. The predicted molar refractivity (Wildman–Crippen MR) is 54.7 cm³/mol. The van der Waals surface area contributed by atoms with E-state index in [1.54, 1.807) is 0 Å². The van der Waals surface area contributed by atoms with E-state index in [2.05, 4.69) is 13.8 Å². The van der Waals surface area contributed by atoms with Gasteiger partial charge in [0.15, 0.2) is 0 Å². The standard InChI is InChI=1S/C10H23NO2/c1-8(2)7-12-5-6-13-10(4)9(3)11/h8-10H,5-7,11H2,1-4H3/t9-,10?/m1/s1. The smallest absolute Gasteiger partial charge is 0.0704 e. The average Bonchev–Trinajstić information content (AvgIpc) is 2.02. The second-order valence-electron chi connectivity index (χ2n) is 3.90. The fraction of sp³-hybridized carbons (Fsp3) is 1.00. The normalized spacial score (nSPS) is 16.2. The van der Waals surface area contributed by atoms with Gasteiger partial charge in [-0.25, -0.2) is 0 Å². The quantitative estimate of drug-likeness (QED) is 0.616. The molecule has 0 fully saturated rings. The van der Waals surface area contributed by atoms with Crippen molar-refractivity contribution in [2.45, 2.75) is 39.8 Å². The summed E-state index contributed by atoms with van der Waals surface area (Å²) in [5.74, 6) is 0.589. The molecule has 0 aromatic carbocycles. The molecule has 0 aliphatic rings. The lowest BCUT2D eigenvalue weighted by molar-refractivity contribution is -0.000725. The van der Waals surface area contributed by atoms with E-state index in [0.717, 1.165) is 6.61 Å². The Morgan fingerprint density at radius 3 is 2.15 bits per heavy atom. The van der Waals surface area contributed by atoms with E-state index in [-0.39, 0.29) is 12.1 Å². The highest BCUT2D eigenvalue weighted by Gasteiger charge is 2.06. The van der Waals surface area contributed by atoms with Crippen molar-refractivity contribution in [1.29, 1.82) is 0 Å². The van der Waals surface area contributed by atoms with E-state index in [4.69, 9.17) is 15.2 Å². The first-order valence-corrected chi connectivity index (χ1v) is 4.99. The van der Waals surface area contributed by atoms with Crippen LogP contribution in [0, 0.1) is 5.92 Å². The second kappa shape index (κ2) is 7.30. The molecular weight excluding hydrogens is 166 g/mol. The van der Waals surface area contributed by atoms with Gasteiger partial charge < -0.3 is 15.2 Å². The highest BCUT2D eigenvalue weighted by molar-refractivity contribution is 4.61. The number of hydrogen-bond donors (Lipinski definition) is 1. The van der Waals surface area contributed by atoms with Gasteiger partial charge >= 0.3 is 0 Å². The van der Waals surface area contributed by atoms with Crippen LogP contribution in [0.15, 0.2) is 0 Å². The maximum absolute atomic E-state index is 5.63. The maximum Gasteiger partial charge on any atom is 0.0704 e. The van der Waals surface area contributed by atoms with Gasteiger partial charge in [-0.2, -0.15) is 0 Å². The number of nitrogens with two attached hydrogens (primary N) is 1. The fourth-order valence-corrected chi connectivity index (χ4v) is 0.764. The number of hydrogen-bond acceptors (Lipinski definition) is 3. The van der Waals surface area contributed by atoms with Crippen LogP contribution in [0.3, 0.4) is 0 Å². The molecule has 0 aliphatic carbocycles. The molecule has 3 heteroatoms. The third-order valence-corrected chi connectivity index (χ3v) is 1.80. The molecule has 0 radical (unpaired) electrons. The van der Waals surface area contributed by atoms with Crippen LogP contribution in [-0.2, 0) is 9.47 Å². The van der Waals surface area contributed by atoms with Crippen LogP contribution in [0.5, 0.6) is 0 Å². The molecule has 0 amide bonds. The second-order valence-corrected chi connectivity index (χ2v) is 3.90. The minimum absolute atomic E-state index is 0.0881. The monoisotopic (exact) mass is 189 g/mol. The lowest BCUT2D eigenvalue weighted by Gasteiger charge is -2.16. The molecule has 0 heterocycles. The molecule has 0 saturated heterocycles. The van der Waals surface area contributed by atoms with Crippen LogP contribution in [0.2, 0.25) is 0 Å². The van der Waals surface area contributed by atoms with E-state index < -0.39 is 0 Å². The number of ether oxygens (including phenoxy) is 2. The summed E-state index contributed by atoms with van der Waals surface area (Å²) in [6, 6.07) is 0.0881. The summed E-state index contributed by atoms with van der Waals surface area (Å²) in [6.07, 6.45) is 0.114. The Morgan fingerprint density at radius 2 is 1.69 bits per heavy atom. The summed E-state index contributed by atoms with van der Waals surface area (Å²) in [7, 11) is 0. The van der Waals surface area contributed by atoms with Crippen LogP contribution in [0.25, 0.3) is 0 Å². The molecule has 2 atom stereocenters. The summed E-state index contributed by atoms with van der Waals surface area (Å²) in [6.45, 7) is 10.3. The Bertz CT molecular complexity index is 115. The Kier molecular flexibility index (Phi) is 7.23. The first-order chi connectivity index (χ1) is 6.04. The zero-order valence-electron chi connectivity index (χ0n) is 9.25. The minimum Gasteiger partial charge on any atom is -0.379 e. The van der Waals surface area contributed by atoms with Crippen LogP contribution >= 0.6 is 0 Å². The molecule has 80 valence electrons. The molecule has 0 aromatic heterocycles. The molecule has 0 aliphatic heterocycles. The molecular formula is C10H23NO2. The van der Waals surface area contributed by atoms with Crippen molar-refractivity contribution in [1.82, 2.24) is 0 Å². The maximum atomic E-state index is 5.63. The molecule has 0 saturated carbocycles. The zero-order chi connectivity index (χ0) is 10.3. The van der Waals surface area contributed by atoms with Crippen molar-refractivity contribution in [2.75, 3.05) is 19.8 Å². The summed E-state index contributed by atoms with van der Waals surface area (Å²) in [5.41, 5.74) is 5.63. The van der Waals surface area contributed by atoms with E-state index in [9.17, 15) is 0 Å². The Balaban J connectivity index is 3.16. The topological polar surface area (TPSA) is 44.5 Å². The van der Waals surface area contributed by atoms with Crippen LogP contribution in [0.4, 0.5) is 0 Å². The van der Waals surface area contributed by atoms with Crippen molar-refractivity contribution in [2.24, 2.45) is 11.7 Å². The van der Waals surface area contributed by atoms with Crippen molar-refractivity contribution >= 4 is 0 Å². The largest absolute Gasteiger partial charge is 0.379 e. The molecule has 0 bridgehead atoms. The predicted octanol–water partition coefficient (Wildman–Crippen LogP) is 1.41. The van der Waals surface area contributed by atoms with Gasteiger partial charge in [0.25, 0.3) is 0 Å². The van der Waals surface area contributed by atoms with Crippen molar-refractivity contribution < 1.29 is 9.47 Å². The molecule has 0 rings (SSSR count). The van der Waals surface area contributed by atoms with Crippen LogP contribution in [0.1, 0.15) is 27.7 Å². The van der Waals surface area contributed by atoms with Crippen LogP contribution < -0.4 is 5.73 Å². The summed E-state index contributed by atoms with van der Waals surface area (Å²) >= 11 is 0. The van der Waals surface area contributed by atoms with Crippen molar-refractivity contribution in [3.8, 4) is 0 Å². The summed E-state index contributed by atoms with van der Waals surface area (Å²) in [4.78, 5) is 0. The molecule has 0 spiro atoms. The highest BCUT2D eigenvalue weighted by atomic mass is 16.5. The summed E-state index contributed by atoms with van der Waals surface area (Å²) in [5, 5.41) is 0. The first-order valence-electron chi connectivity index (χ1n) is 4.99. The van der Waals surface area contributed by atoms with Gasteiger partial charge in [-0.15, -0.1) is 0 Å². The Labute approximate surface area is 81.6 Å². The van der Waals surface area contributed by atoms with Gasteiger partial charge in [-0.1, -0.05) is 13.8 Å². The van der Waals surface area contributed by atoms with E-state index in [1.807, 2.05) is 13.8 Å².